The van der Waals surface area contributed by atoms with Crippen LogP contribution in [0.1, 0.15) is 42.0 Å². The highest BCUT2D eigenvalue weighted by Crippen LogP contribution is 2.36. The van der Waals surface area contributed by atoms with Crippen LogP contribution in [-0.2, 0) is 0 Å². The van der Waals surface area contributed by atoms with E-state index in [0.717, 1.165) is 11.5 Å². The second-order valence-corrected chi connectivity index (χ2v) is 6.36. The Bertz CT molecular complexity index is 605. The third-order valence-electron chi connectivity index (χ3n) is 2.70. The molecule has 1 unspecified atom stereocenters. The SMILES string of the molecule is CC(C)c1nnsc1C(O)c1ccc(Br)c(Cl)c1F. The summed E-state index contributed by atoms with van der Waals surface area (Å²) in [6.07, 6.45) is -1.11. The molecule has 0 fully saturated rings. The average molecular weight is 366 g/mol. The Kier molecular flexibility index (Phi) is 4.55. The molecule has 102 valence electrons. The van der Waals surface area contributed by atoms with E-state index in [-0.39, 0.29) is 16.5 Å². The van der Waals surface area contributed by atoms with Gasteiger partial charge in [0.2, 0.25) is 0 Å². The highest BCUT2D eigenvalue weighted by Gasteiger charge is 2.24. The Morgan fingerprint density at radius 1 is 1.42 bits per heavy atom. The van der Waals surface area contributed by atoms with Crippen molar-refractivity contribution in [1.29, 1.82) is 0 Å². The number of aliphatic hydroxyl groups excluding tert-OH is 1. The second kappa shape index (κ2) is 5.83. The van der Waals surface area contributed by atoms with E-state index in [1.54, 1.807) is 6.07 Å². The molecule has 0 bridgehead atoms. The van der Waals surface area contributed by atoms with E-state index in [2.05, 4.69) is 25.5 Å². The highest BCUT2D eigenvalue weighted by molar-refractivity contribution is 9.10. The number of aromatic nitrogens is 2. The fourth-order valence-corrected chi connectivity index (χ4v) is 2.98. The third kappa shape index (κ3) is 2.81. The van der Waals surface area contributed by atoms with E-state index >= 15 is 0 Å². The van der Waals surface area contributed by atoms with Gasteiger partial charge in [-0.2, -0.15) is 0 Å². The molecule has 1 heterocycles. The molecular formula is C12H11BrClFN2OS. The summed E-state index contributed by atoms with van der Waals surface area (Å²) in [6, 6.07) is 3.10. The number of rotatable bonds is 3. The summed E-state index contributed by atoms with van der Waals surface area (Å²) >= 11 is 10.0. The predicted octanol–water partition coefficient (Wildman–Crippen LogP) is 4.30. The fraction of sp³-hybridized carbons (Fsp3) is 0.333. The molecule has 7 heteroatoms. The molecule has 1 atom stereocenters. The number of hydrogen-bond acceptors (Lipinski definition) is 4. The topological polar surface area (TPSA) is 46.0 Å². The summed E-state index contributed by atoms with van der Waals surface area (Å²) in [5.74, 6) is -0.524. The molecule has 3 nitrogen and oxygen atoms in total. The first-order chi connectivity index (χ1) is 8.93. The van der Waals surface area contributed by atoms with Crippen LogP contribution in [0.2, 0.25) is 5.02 Å². The molecule has 2 rings (SSSR count). The molecule has 19 heavy (non-hydrogen) atoms. The van der Waals surface area contributed by atoms with E-state index < -0.39 is 11.9 Å². The van der Waals surface area contributed by atoms with Crippen molar-refractivity contribution in [2.45, 2.75) is 25.9 Å². The van der Waals surface area contributed by atoms with Gasteiger partial charge in [0.1, 0.15) is 11.9 Å². The van der Waals surface area contributed by atoms with E-state index in [9.17, 15) is 9.50 Å². The van der Waals surface area contributed by atoms with Gasteiger partial charge in [0.25, 0.3) is 0 Å². The Labute approximate surface area is 127 Å². The number of nitrogens with zero attached hydrogens (tertiary/aromatic N) is 2. The molecule has 1 aromatic carbocycles. The van der Waals surface area contributed by atoms with Crippen molar-refractivity contribution in [1.82, 2.24) is 9.59 Å². The lowest BCUT2D eigenvalue weighted by atomic mass is 10.0. The van der Waals surface area contributed by atoms with Crippen LogP contribution in [0.15, 0.2) is 16.6 Å². The molecule has 0 aliphatic carbocycles. The maximum Gasteiger partial charge on any atom is 0.149 e. The molecular weight excluding hydrogens is 355 g/mol. The summed E-state index contributed by atoms with van der Waals surface area (Å²) < 4.78 is 18.4. The normalized spacial score (nSPS) is 13.0. The van der Waals surface area contributed by atoms with Crippen LogP contribution in [0.3, 0.4) is 0 Å². The maximum absolute atomic E-state index is 14.1. The molecule has 0 saturated carbocycles. The van der Waals surface area contributed by atoms with Crippen LogP contribution in [-0.4, -0.2) is 14.7 Å². The van der Waals surface area contributed by atoms with E-state index in [4.69, 9.17) is 11.6 Å². The van der Waals surface area contributed by atoms with Gasteiger partial charge in [-0.05, 0) is 39.4 Å². The summed E-state index contributed by atoms with van der Waals surface area (Å²) in [5.41, 5.74) is 0.803. The summed E-state index contributed by atoms with van der Waals surface area (Å²) in [5, 5.41) is 14.3. The molecule has 1 N–H and O–H groups in total. The smallest absolute Gasteiger partial charge is 0.149 e. The number of aliphatic hydroxyl groups is 1. The van der Waals surface area contributed by atoms with Crippen LogP contribution in [0.4, 0.5) is 4.39 Å². The quantitative estimate of drug-likeness (QED) is 0.825. The van der Waals surface area contributed by atoms with Crippen LogP contribution < -0.4 is 0 Å². The zero-order valence-electron chi connectivity index (χ0n) is 10.2. The van der Waals surface area contributed by atoms with E-state index in [1.807, 2.05) is 13.8 Å². The Hall–Kier alpha value is -0.560. The van der Waals surface area contributed by atoms with Crippen molar-refractivity contribution in [2.24, 2.45) is 0 Å². The largest absolute Gasteiger partial charge is 0.383 e. The third-order valence-corrected chi connectivity index (χ3v) is 4.75. The molecule has 0 radical (unpaired) electrons. The molecule has 0 amide bonds. The van der Waals surface area contributed by atoms with Crippen LogP contribution in [0.5, 0.6) is 0 Å². The lowest BCUT2D eigenvalue weighted by molar-refractivity contribution is 0.217. The molecule has 2 aromatic rings. The average Bonchev–Trinajstić information content (AvgIpc) is 2.84. The van der Waals surface area contributed by atoms with Gasteiger partial charge in [-0.1, -0.05) is 36.0 Å². The van der Waals surface area contributed by atoms with Gasteiger partial charge < -0.3 is 5.11 Å². The molecule has 0 aliphatic heterocycles. The van der Waals surface area contributed by atoms with E-state index in [0.29, 0.717) is 15.0 Å². The number of hydrogen-bond donors (Lipinski definition) is 1. The molecule has 0 aliphatic rings. The lowest BCUT2D eigenvalue weighted by Crippen LogP contribution is -2.05. The van der Waals surface area contributed by atoms with Gasteiger partial charge in [-0.15, -0.1) is 5.10 Å². The lowest BCUT2D eigenvalue weighted by Gasteiger charge is -2.13. The fourth-order valence-electron chi connectivity index (χ4n) is 1.69. The minimum Gasteiger partial charge on any atom is -0.383 e. The maximum atomic E-state index is 14.1. The van der Waals surface area contributed by atoms with E-state index in [1.165, 1.54) is 6.07 Å². The van der Waals surface area contributed by atoms with Gasteiger partial charge in [-0.25, -0.2) is 4.39 Å². The highest BCUT2D eigenvalue weighted by atomic mass is 79.9. The van der Waals surface area contributed by atoms with Crippen molar-refractivity contribution in [3.05, 3.63) is 43.6 Å². The summed E-state index contributed by atoms with van der Waals surface area (Å²) in [7, 11) is 0. The predicted molar refractivity (Wildman–Crippen MR) is 77.2 cm³/mol. The Morgan fingerprint density at radius 3 is 2.74 bits per heavy atom. The Morgan fingerprint density at radius 2 is 2.11 bits per heavy atom. The van der Waals surface area contributed by atoms with Gasteiger partial charge in [-0.3, -0.25) is 0 Å². The van der Waals surface area contributed by atoms with Crippen LogP contribution in [0, 0.1) is 5.82 Å². The Balaban J connectivity index is 2.47. The van der Waals surface area contributed by atoms with Gasteiger partial charge >= 0.3 is 0 Å². The monoisotopic (exact) mass is 364 g/mol. The standard InChI is InChI=1S/C12H11BrClFN2OS/c1-5(2)10-12(19-17-16-10)11(18)6-3-4-7(13)8(14)9(6)15/h3-5,11,18H,1-2H3. The van der Waals surface area contributed by atoms with Crippen molar-refractivity contribution in [3.63, 3.8) is 0 Å². The zero-order chi connectivity index (χ0) is 14.2. The molecule has 1 aromatic heterocycles. The van der Waals surface area contributed by atoms with Crippen molar-refractivity contribution < 1.29 is 9.50 Å². The second-order valence-electron chi connectivity index (χ2n) is 4.34. The zero-order valence-corrected chi connectivity index (χ0v) is 13.4. The van der Waals surface area contributed by atoms with Gasteiger partial charge in [0.15, 0.2) is 0 Å². The van der Waals surface area contributed by atoms with Crippen LogP contribution in [0.25, 0.3) is 0 Å². The molecule has 0 saturated heterocycles. The molecule has 0 spiro atoms. The minimum atomic E-state index is -1.11. The van der Waals surface area contributed by atoms with Gasteiger partial charge in [0, 0.05) is 10.0 Å². The van der Waals surface area contributed by atoms with Crippen molar-refractivity contribution in [2.75, 3.05) is 0 Å². The van der Waals surface area contributed by atoms with Gasteiger partial charge in [0.05, 0.1) is 15.6 Å². The summed E-state index contributed by atoms with van der Waals surface area (Å²) in [4.78, 5) is 0.548. The van der Waals surface area contributed by atoms with Crippen LogP contribution >= 0.6 is 39.1 Å². The number of benzene rings is 1. The summed E-state index contributed by atoms with van der Waals surface area (Å²) in [6.45, 7) is 3.88. The van der Waals surface area contributed by atoms with Crippen molar-refractivity contribution >= 4 is 39.1 Å². The first-order valence-electron chi connectivity index (χ1n) is 5.57. The minimum absolute atomic E-state index is 0.0416. The number of halogens is 3. The first-order valence-corrected chi connectivity index (χ1v) is 7.51. The first kappa shape index (κ1) is 14.8. The van der Waals surface area contributed by atoms with Crippen molar-refractivity contribution in [3.8, 4) is 0 Å².